The van der Waals surface area contributed by atoms with E-state index in [2.05, 4.69) is 27.4 Å². The third kappa shape index (κ3) is 4.64. The second-order valence-electron chi connectivity index (χ2n) is 6.42. The van der Waals surface area contributed by atoms with Gasteiger partial charge in [-0.15, -0.1) is 16.8 Å². The number of benzene rings is 1. The molecule has 0 bridgehead atoms. The Hall–Kier alpha value is -1.26. The molecule has 1 saturated carbocycles. The average Bonchev–Trinajstić information content (AvgIpc) is 2.96. The summed E-state index contributed by atoms with van der Waals surface area (Å²) < 4.78 is 2.22. The highest BCUT2D eigenvalue weighted by molar-refractivity contribution is 7.98. The Labute approximate surface area is 153 Å². The van der Waals surface area contributed by atoms with Crippen LogP contribution in [0.2, 0.25) is 5.02 Å². The average molecular weight is 362 g/mol. The van der Waals surface area contributed by atoms with E-state index in [1.54, 1.807) is 11.8 Å². The van der Waals surface area contributed by atoms with Gasteiger partial charge >= 0.3 is 0 Å². The Morgan fingerprint density at radius 1 is 1.25 bits per heavy atom. The van der Waals surface area contributed by atoms with Crippen LogP contribution in [0.4, 0.5) is 0 Å². The van der Waals surface area contributed by atoms with Gasteiger partial charge in [-0.25, -0.2) is 0 Å². The van der Waals surface area contributed by atoms with Crippen LogP contribution >= 0.6 is 23.4 Å². The Kier molecular flexibility index (Phi) is 6.38. The molecule has 5 heteroatoms. The maximum atomic E-state index is 6.06. The van der Waals surface area contributed by atoms with Crippen LogP contribution in [0.15, 0.2) is 42.1 Å². The molecular weight excluding hydrogens is 338 g/mol. The van der Waals surface area contributed by atoms with E-state index in [1.165, 1.54) is 37.7 Å². The Morgan fingerprint density at radius 3 is 2.83 bits per heavy atom. The summed E-state index contributed by atoms with van der Waals surface area (Å²) >= 11 is 7.78. The molecule has 2 aromatic rings. The van der Waals surface area contributed by atoms with Crippen molar-refractivity contribution >= 4 is 23.4 Å². The van der Waals surface area contributed by atoms with Gasteiger partial charge in [-0.3, -0.25) is 0 Å². The van der Waals surface area contributed by atoms with E-state index in [4.69, 9.17) is 11.6 Å². The summed E-state index contributed by atoms with van der Waals surface area (Å²) in [5, 5.41) is 10.7. The third-order valence-electron chi connectivity index (χ3n) is 4.56. The van der Waals surface area contributed by atoms with Crippen LogP contribution in [0.5, 0.6) is 0 Å². The zero-order valence-electron chi connectivity index (χ0n) is 14.0. The van der Waals surface area contributed by atoms with Crippen LogP contribution in [-0.4, -0.2) is 14.8 Å². The maximum absolute atomic E-state index is 6.06. The van der Waals surface area contributed by atoms with E-state index < -0.39 is 0 Å². The third-order valence-corrected chi connectivity index (χ3v) is 5.83. The Bertz CT molecular complexity index is 677. The maximum Gasteiger partial charge on any atom is 0.191 e. The predicted molar refractivity (Wildman–Crippen MR) is 102 cm³/mol. The molecule has 128 valence electrons. The smallest absolute Gasteiger partial charge is 0.191 e. The lowest BCUT2D eigenvalue weighted by molar-refractivity contribution is 0.347. The molecule has 0 amide bonds. The van der Waals surface area contributed by atoms with Crippen molar-refractivity contribution in [2.24, 2.45) is 5.92 Å². The molecule has 3 nitrogen and oxygen atoms in total. The van der Waals surface area contributed by atoms with Crippen molar-refractivity contribution in [3.8, 4) is 0 Å². The molecular formula is C19H24ClN3S. The van der Waals surface area contributed by atoms with Gasteiger partial charge in [0, 0.05) is 23.7 Å². The number of nitrogens with zero attached hydrogens (tertiary/aromatic N) is 3. The lowest BCUT2D eigenvalue weighted by Gasteiger charge is -2.21. The van der Waals surface area contributed by atoms with Gasteiger partial charge in [-0.1, -0.05) is 73.7 Å². The van der Waals surface area contributed by atoms with E-state index >= 15 is 0 Å². The van der Waals surface area contributed by atoms with Gasteiger partial charge in [-0.05, 0) is 23.6 Å². The van der Waals surface area contributed by atoms with Gasteiger partial charge in [0.05, 0.1) is 0 Å². The van der Waals surface area contributed by atoms with Crippen molar-refractivity contribution in [1.82, 2.24) is 14.8 Å². The first-order valence-electron chi connectivity index (χ1n) is 8.66. The monoisotopic (exact) mass is 361 g/mol. The molecule has 0 aliphatic heterocycles. The van der Waals surface area contributed by atoms with Crippen LogP contribution in [0.1, 0.15) is 43.5 Å². The molecule has 0 N–H and O–H groups in total. The molecule has 3 rings (SSSR count). The van der Waals surface area contributed by atoms with Gasteiger partial charge in [-0.2, -0.15) is 0 Å². The van der Waals surface area contributed by atoms with Gasteiger partial charge < -0.3 is 4.57 Å². The van der Waals surface area contributed by atoms with Crippen LogP contribution in [0.25, 0.3) is 0 Å². The molecule has 1 aromatic carbocycles. The SMILES string of the molecule is C=CCn1c(CC2CCCCC2)nnc1SCc1cccc(Cl)c1. The molecule has 0 atom stereocenters. The molecule has 0 unspecified atom stereocenters. The van der Waals surface area contributed by atoms with Crippen LogP contribution in [-0.2, 0) is 18.7 Å². The summed E-state index contributed by atoms with van der Waals surface area (Å²) in [5.74, 6) is 2.71. The zero-order valence-corrected chi connectivity index (χ0v) is 15.5. The topological polar surface area (TPSA) is 30.7 Å². The minimum absolute atomic E-state index is 0.761. The highest BCUT2D eigenvalue weighted by atomic mass is 35.5. The fourth-order valence-corrected chi connectivity index (χ4v) is 4.44. The van der Waals surface area contributed by atoms with Crippen molar-refractivity contribution in [2.45, 2.75) is 56.0 Å². The normalized spacial score (nSPS) is 15.5. The van der Waals surface area contributed by atoms with E-state index in [0.29, 0.717) is 0 Å². The highest BCUT2D eigenvalue weighted by Crippen LogP contribution is 2.28. The van der Waals surface area contributed by atoms with Gasteiger partial charge in [0.25, 0.3) is 0 Å². The Morgan fingerprint density at radius 2 is 2.08 bits per heavy atom. The Balaban J connectivity index is 1.69. The van der Waals surface area contributed by atoms with E-state index in [0.717, 1.165) is 40.6 Å². The van der Waals surface area contributed by atoms with Crippen molar-refractivity contribution in [2.75, 3.05) is 0 Å². The second-order valence-corrected chi connectivity index (χ2v) is 7.80. The molecule has 1 heterocycles. The quantitative estimate of drug-likeness (QED) is 0.479. The van der Waals surface area contributed by atoms with E-state index in [9.17, 15) is 0 Å². The summed E-state index contributed by atoms with van der Waals surface area (Å²) in [5.41, 5.74) is 1.20. The summed E-state index contributed by atoms with van der Waals surface area (Å²) in [4.78, 5) is 0. The van der Waals surface area contributed by atoms with Crippen molar-refractivity contribution < 1.29 is 0 Å². The molecule has 24 heavy (non-hydrogen) atoms. The number of aromatic nitrogens is 3. The number of halogens is 1. The fraction of sp³-hybridized carbons (Fsp3) is 0.474. The first kappa shape index (κ1) is 17.6. The van der Waals surface area contributed by atoms with E-state index in [1.807, 2.05) is 24.3 Å². The van der Waals surface area contributed by atoms with Crippen molar-refractivity contribution in [3.63, 3.8) is 0 Å². The zero-order chi connectivity index (χ0) is 16.8. The summed E-state index contributed by atoms with van der Waals surface area (Å²) in [6.45, 7) is 4.66. The predicted octanol–water partition coefficient (Wildman–Crippen LogP) is 5.53. The second kappa shape index (κ2) is 8.72. The first-order valence-corrected chi connectivity index (χ1v) is 10.0. The molecule has 1 aliphatic rings. The molecule has 1 aliphatic carbocycles. The van der Waals surface area contributed by atoms with Crippen LogP contribution in [0, 0.1) is 5.92 Å². The minimum Gasteiger partial charge on any atom is -0.302 e. The molecule has 1 aromatic heterocycles. The molecule has 0 spiro atoms. The van der Waals surface area contributed by atoms with Crippen LogP contribution in [0.3, 0.4) is 0 Å². The highest BCUT2D eigenvalue weighted by Gasteiger charge is 2.19. The number of thioether (sulfide) groups is 1. The summed E-state index contributed by atoms with van der Waals surface area (Å²) in [7, 11) is 0. The van der Waals surface area contributed by atoms with Crippen LogP contribution < -0.4 is 0 Å². The number of hydrogen-bond donors (Lipinski definition) is 0. The van der Waals surface area contributed by atoms with Crippen molar-refractivity contribution in [3.05, 3.63) is 53.3 Å². The minimum atomic E-state index is 0.761. The first-order chi connectivity index (χ1) is 11.8. The largest absolute Gasteiger partial charge is 0.302 e. The lowest BCUT2D eigenvalue weighted by atomic mass is 9.87. The molecule has 1 fully saturated rings. The van der Waals surface area contributed by atoms with Crippen molar-refractivity contribution in [1.29, 1.82) is 0 Å². The number of rotatable bonds is 7. The van der Waals surface area contributed by atoms with Gasteiger partial charge in [0.1, 0.15) is 5.82 Å². The fourth-order valence-electron chi connectivity index (χ4n) is 3.31. The standard InChI is InChI=1S/C19H24ClN3S/c1-2-11-23-18(13-15-7-4-3-5-8-15)21-22-19(23)24-14-16-9-6-10-17(20)12-16/h2,6,9-10,12,15H,1,3-5,7-8,11,13-14H2. The molecule has 0 saturated heterocycles. The van der Waals surface area contributed by atoms with Gasteiger partial charge in [0.2, 0.25) is 0 Å². The van der Waals surface area contributed by atoms with Gasteiger partial charge in [0.15, 0.2) is 5.16 Å². The number of allylic oxidation sites excluding steroid dienone is 1. The van der Waals surface area contributed by atoms with E-state index in [-0.39, 0.29) is 0 Å². The summed E-state index contributed by atoms with van der Waals surface area (Å²) in [6.07, 6.45) is 9.72. The molecule has 0 radical (unpaired) electrons. The number of hydrogen-bond acceptors (Lipinski definition) is 3. The lowest BCUT2D eigenvalue weighted by Crippen LogP contribution is -2.13. The summed E-state index contributed by atoms with van der Waals surface area (Å²) in [6, 6.07) is 7.99.